The maximum absolute atomic E-state index is 12.3. The lowest BCUT2D eigenvalue weighted by atomic mass is 10.1. The van der Waals surface area contributed by atoms with Gasteiger partial charge in [0.25, 0.3) is 5.91 Å². The molecule has 0 spiro atoms. The summed E-state index contributed by atoms with van der Waals surface area (Å²) in [7, 11) is 0. The lowest BCUT2D eigenvalue weighted by Gasteiger charge is -2.11. The van der Waals surface area contributed by atoms with E-state index in [9.17, 15) is 4.79 Å². The van der Waals surface area contributed by atoms with Gasteiger partial charge < -0.3 is 14.5 Å². The highest BCUT2D eigenvalue weighted by molar-refractivity contribution is 5.93. The number of hydrogen-bond acceptors (Lipinski definition) is 3. The van der Waals surface area contributed by atoms with Crippen molar-refractivity contribution in [2.24, 2.45) is 0 Å². The summed E-state index contributed by atoms with van der Waals surface area (Å²) in [5.41, 5.74) is 4.43. The molecule has 134 valence electrons. The van der Waals surface area contributed by atoms with Crippen molar-refractivity contribution in [3.8, 4) is 17.0 Å². The highest BCUT2D eigenvalue weighted by atomic mass is 16.5. The van der Waals surface area contributed by atoms with Crippen molar-refractivity contribution in [2.75, 3.05) is 11.9 Å². The van der Waals surface area contributed by atoms with Crippen molar-refractivity contribution < 1.29 is 9.53 Å². The highest BCUT2D eigenvalue weighted by Gasteiger charge is 2.10. The molecule has 0 atom stereocenters. The molecule has 0 radical (unpaired) electrons. The van der Waals surface area contributed by atoms with Crippen LogP contribution >= 0.6 is 0 Å². The summed E-state index contributed by atoms with van der Waals surface area (Å²) in [5.74, 6) is 0.469. The van der Waals surface area contributed by atoms with Crippen molar-refractivity contribution >= 4 is 17.2 Å². The summed E-state index contributed by atoms with van der Waals surface area (Å²) in [6, 6.07) is 21.1. The number of nitrogens with one attached hydrogen (secondary N) is 1. The minimum absolute atomic E-state index is 0.0396. The summed E-state index contributed by atoms with van der Waals surface area (Å²) < 4.78 is 7.48. The van der Waals surface area contributed by atoms with E-state index in [0.29, 0.717) is 5.75 Å². The maximum atomic E-state index is 12.3. The first kappa shape index (κ1) is 16.8. The zero-order valence-corrected chi connectivity index (χ0v) is 14.9. The van der Waals surface area contributed by atoms with Crippen LogP contribution in [0.5, 0.6) is 5.75 Å². The molecule has 0 aliphatic rings. The van der Waals surface area contributed by atoms with Crippen LogP contribution in [0.1, 0.15) is 5.56 Å². The van der Waals surface area contributed by atoms with Crippen LogP contribution in [0.4, 0.5) is 5.69 Å². The van der Waals surface area contributed by atoms with Gasteiger partial charge in [-0.05, 0) is 42.8 Å². The molecule has 1 N–H and O–H groups in total. The van der Waals surface area contributed by atoms with Gasteiger partial charge in [-0.15, -0.1) is 0 Å². The third kappa shape index (κ3) is 3.82. The van der Waals surface area contributed by atoms with Gasteiger partial charge in [0.05, 0.1) is 5.69 Å². The first-order valence-corrected chi connectivity index (χ1v) is 8.71. The number of pyridine rings is 1. The Morgan fingerprint density at radius 2 is 1.89 bits per heavy atom. The van der Waals surface area contributed by atoms with E-state index in [4.69, 9.17) is 4.74 Å². The molecule has 0 saturated heterocycles. The SMILES string of the molecule is Cc1ccc(-c2cn3ccccc3n2)cc1NC(=O)COc1ccccc1. The van der Waals surface area contributed by atoms with E-state index in [1.165, 1.54) is 0 Å². The Hall–Kier alpha value is -3.60. The van der Waals surface area contributed by atoms with E-state index in [0.717, 1.165) is 28.2 Å². The van der Waals surface area contributed by atoms with Gasteiger partial charge in [0.15, 0.2) is 6.61 Å². The lowest BCUT2D eigenvalue weighted by molar-refractivity contribution is -0.118. The molecule has 4 aromatic rings. The molecule has 27 heavy (non-hydrogen) atoms. The van der Waals surface area contributed by atoms with E-state index >= 15 is 0 Å². The Morgan fingerprint density at radius 1 is 1.07 bits per heavy atom. The van der Waals surface area contributed by atoms with Crippen LogP contribution in [0.2, 0.25) is 0 Å². The second-order valence-electron chi connectivity index (χ2n) is 6.27. The summed E-state index contributed by atoms with van der Waals surface area (Å²) in [6.07, 6.45) is 3.94. The van der Waals surface area contributed by atoms with Gasteiger partial charge in [0, 0.05) is 23.6 Å². The van der Waals surface area contributed by atoms with E-state index in [-0.39, 0.29) is 12.5 Å². The Morgan fingerprint density at radius 3 is 2.70 bits per heavy atom. The normalized spacial score (nSPS) is 10.7. The molecule has 2 aromatic heterocycles. The molecule has 2 heterocycles. The number of anilines is 1. The topological polar surface area (TPSA) is 55.6 Å². The first-order chi connectivity index (χ1) is 13.2. The van der Waals surface area contributed by atoms with E-state index < -0.39 is 0 Å². The van der Waals surface area contributed by atoms with E-state index in [1.807, 2.05) is 90.4 Å². The Labute approximate surface area is 157 Å². The van der Waals surface area contributed by atoms with Gasteiger partial charge >= 0.3 is 0 Å². The number of amides is 1. The molecule has 0 bridgehead atoms. The molecule has 4 rings (SSSR count). The van der Waals surface area contributed by atoms with Crippen molar-refractivity contribution in [1.29, 1.82) is 0 Å². The van der Waals surface area contributed by atoms with Crippen LogP contribution in [-0.4, -0.2) is 21.9 Å². The van der Waals surface area contributed by atoms with Gasteiger partial charge in [0.2, 0.25) is 0 Å². The summed E-state index contributed by atoms with van der Waals surface area (Å²) in [4.78, 5) is 16.9. The Bertz CT molecular complexity index is 1050. The largest absolute Gasteiger partial charge is 0.484 e. The molecular weight excluding hydrogens is 338 g/mol. The van der Waals surface area contributed by atoms with E-state index in [2.05, 4.69) is 10.3 Å². The lowest BCUT2D eigenvalue weighted by Crippen LogP contribution is -2.20. The number of carbonyl (C=O) groups is 1. The predicted octanol–water partition coefficient (Wildman–Crippen LogP) is 4.33. The van der Waals surface area contributed by atoms with Crippen LogP contribution in [-0.2, 0) is 4.79 Å². The van der Waals surface area contributed by atoms with Gasteiger partial charge in [-0.3, -0.25) is 4.79 Å². The van der Waals surface area contributed by atoms with Gasteiger partial charge in [-0.1, -0.05) is 36.4 Å². The maximum Gasteiger partial charge on any atom is 0.262 e. The van der Waals surface area contributed by atoms with Gasteiger partial charge in [-0.25, -0.2) is 4.98 Å². The van der Waals surface area contributed by atoms with Crippen LogP contribution in [0, 0.1) is 6.92 Å². The molecule has 0 unspecified atom stereocenters. The summed E-state index contributed by atoms with van der Waals surface area (Å²) in [6.45, 7) is 1.92. The summed E-state index contributed by atoms with van der Waals surface area (Å²) >= 11 is 0. The van der Waals surface area contributed by atoms with Crippen LogP contribution in [0.3, 0.4) is 0 Å². The Balaban J connectivity index is 1.51. The average molecular weight is 357 g/mol. The molecule has 5 heteroatoms. The number of fused-ring (bicyclic) bond motifs is 1. The highest BCUT2D eigenvalue weighted by Crippen LogP contribution is 2.25. The molecule has 0 aliphatic carbocycles. The second-order valence-corrected chi connectivity index (χ2v) is 6.27. The van der Waals surface area contributed by atoms with Gasteiger partial charge in [-0.2, -0.15) is 0 Å². The smallest absolute Gasteiger partial charge is 0.262 e. The second kappa shape index (κ2) is 7.33. The number of rotatable bonds is 5. The molecular formula is C22H19N3O2. The standard InChI is InChI=1S/C22H19N3O2/c1-16-10-11-17(20-14-25-12-6-5-9-21(25)23-20)13-19(16)24-22(26)15-27-18-7-3-2-4-8-18/h2-14H,15H2,1H3,(H,24,26). The first-order valence-electron chi connectivity index (χ1n) is 8.71. The quantitative estimate of drug-likeness (QED) is 0.578. The fourth-order valence-electron chi connectivity index (χ4n) is 2.84. The monoisotopic (exact) mass is 357 g/mol. The number of nitrogens with zero attached hydrogens (tertiary/aromatic N) is 2. The number of aromatic nitrogens is 2. The third-order valence-electron chi connectivity index (χ3n) is 4.28. The van der Waals surface area contributed by atoms with Crippen LogP contribution in [0.25, 0.3) is 16.9 Å². The number of hydrogen-bond donors (Lipinski definition) is 1. The van der Waals surface area contributed by atoms with Crippen LogP contribution in [0.15, 0.2) is 79.1 Å². The molecule has 1 amide bonds. The number of ether oxygens (including phenoxy) is 1. The number of aryl methyl sites for hydroxylation is 1. The summed E-state index contributed by atoms with van der Waals surface area (Å²) in [5, 5.41) is 2.93. The number of para-hydroxylation sites is 1. The zero-order chi connectivity index (χ0) is 18.6. The molecule has 0 saturated carbocycles. The molecule has 0 fully saturated rings. The van der Waals surface area contributed by atoms with E-state index in [1.54, 1.807) is 0 Å². The van der Waals surface area contributed by atoms with Crippen molar-refractivity contribution in [3.63, 3.8) is 0 Å². The Kier molecular flexibility index (Phi) is 4.58. The minimum Gasteiger partial charge on any atom is -0.484 e. The third-order valence-corrected chi connectivity index (χ3v) is 4.28. The minimum atomic E-state index is -0.200. The van der Waals surface area contributed by atoms with Gasteiger partial charge in [0.1, 0.15) is 11.4 Å². The average Bonchev–Trinajstić information content (AvgIpc) is 3.13. The molecule has 0 aliphatic heterocycles. The number of carbonyl (C=O) groups excluding carboxylic acids is 1. The fourth-order valence-corrected chi connectivity index (χ4v) is 2.84. The number of benzene rings is 2. The van der Waals surface area contributed by atoms with Crippen molar-refractivity contribution in [2.45, 2.75) is 6.92 Å². The fraction of sp³-hybridized carbons (Fsp3) is 0.0909. The van der Waals surface area contributed by atoms with Crippen molar-refractivity contribution in [1.82, 2.24) is 9.38 Å². The zero-order valence-electron chi connectivity index (χ0n) is 14.9. The van der Waals surface area contributed by atoms with Crippen LogP contribution < -0.4 is 10.1 Å². The molecule has 2 aromatic carbocycles. The van der Waals surface area contributed by atoms with Crippen molar-refractivity contribution in [3.05, 3.63) is 84.7 Å². The number of imidazole rings is 1. The predicted molar refractivity (Wildman–Crippen MR) is 106 cm³/mol. The molecule has 5 nitrogen and oxygen atoms in total.